The highest BCUT2D eigenvalue weighted by Gasteiger charge is 2.27. The molecule has 0 heterocycles. The number of nitrogens with zero attached hydrogens (tertiary/aromatic N) is 1. The third-order valence-corrected chi connectivity index (χ3v) is 5.17. The molecule has 0 spiro atoms. The van der Waals surface area contributed by atoms with Gasteiger partial charge < -0.3 is 13.7 Å². The number of halogens is 5. The number of carbonyl (C=O) groups excluding carboxylic acids is 2. The molecule has 32 heavy (non-hydrogen) atoms. The Bertz CT molecular complexity index is 869. The summed E-state index contributed by atoms with van der Waals surface area (Å²) < 4.78 is 77.8. The van der Waals surface area contributed by atoms with Crippen molar-refractivity contribution in [3.63, 3.8) is 0 Å². The molecule has 0 radical (unpaired) electrons. The van der Waals surface area contributed by atoms with E-state index >= 15 is 0 Å². The molecule has 1 aromatic carbocycles. The van der Waals surface area contributed by atoms with Crippen LogP contribution in [-0.2, 0) is 29.9 Å². The Morgan fingerprint density at radius 1 is 0.750 bits per heavy atom. The van der Waals surface area contributed by atoms with Crippen molar-refractivity contribution in [2.45, 2.75) is 65.2 Å². The van der Waals surface area contributed by atoms with Crippen molar-refractivity contribution in [3.05, 3.63) is 34.6 Å². The van der Waals surface area contributed by atoms with E-state index in [0.717, 1.165) is 0 Å². The molecule has 0 atom stereocenters. The number of carbonyl (C=O) groups is 2. The Morgan fingerprint density at radius 3 is 1.69 bits per heavy atom. The monoisotopic (exact) mass is 499 g/mol. The van der Waals surface area contributed by atoms with E-state index in [4.69, 9.17) is 13.7 Å². The van der Waals surface area contributed by atoms with Gasteiger partial charge in [0.25, 0.3) is 5.97 Å². The summed E-state index contributed by atoms with van der Waals surface area (Å²) in [7, 11) is -4.43. The Hall–Kier alpha value is -2.29. The fourth-order valence-corrected chi connectivity index (χ4v) is 3.73. The molecule has 6 nitrogen and oxygen atoms in total. The van der Waals surface area contributed by atoms with Gasteiger partial charge in [0.2, 0.25) is 22.5 Å². The van der Waals surface area contributed by atoms with Gasteiger partial charge in [0, 0.05) is 12.8 Å². The summed E-state index contributed by atoms with van der Waals surface area (Å²) in [4.78, 5) is 28.9. The first-order valence-corrected chi connectivity index (χ1v) is 16.5. The molecule has 0 saturated heterocycles. The lowest BCUT2D eigenvalue weighted by atomic mass is 10.1. The highest BCUT2D eigenvalue weighted by molar-refractivity contribution is 6.72. The summed E-state index contributed by atoms with van der Waals surface area (Å²) in [5, 5.41) is 3.49. The molecule has 0 saturated carbocycles. The molecule has 0 N–H and O–H groups in total. The summed E-state index contributed by atoms with van der Waals surface area (Å²) in [5.41, 5.74) is -1.53. The van der Waals surface area contributed by atoms with Crippen LogP contribution in [0, 0.1) is 29.1 Å². The second-order valence-electron chi connectivity index (χ2n) is 8.80. The molecule has 0 fully saturated rings. The third kappa shape index (κ3) is 8.69. The molecular weight excluding hydrogens is 473 g/mol. The molecule has 1 aromatic rings. The first-order valence-electron chi connectivity index (χ1n) is 9.68. The van der Waals surface area contributed by atoms with Crippen LogP contribution in [-0.4, -0.2) is 34.3 Å². The molecule has 0 amide bonds. The van der Waals surface area contributed by atoms with Crippen molar-refractivity contribution in [2.75, 3.05) is 0 Å². The van der Waals surface area contributed by atoms with E-state index in [1.54, 1.807) is 19.6 Å². The van der Waals surface area contributed by atoms with Gasteiger partial charge in [-0.25, -0.2) is 26.7 Å². The van der Waals surface area contributed by atoms with Crippen LogP contribution in [0.2, 0.25) is 39.3 Å². The van der Waals surface area contributed by atoms with E-state index in [1.807, 2.05) is 19.6 Å². The van der Waals surface area contributed by atoms with Gasteiger partial charge in [-0.1, -0.05) is 5.16 Å². The van der Waals surface area contributed by atoms with Gasteiger partial charge in [-0.05, 0) is 45.7 Å². The molecule has 13 heteroatoms. The van der Waals surface area contributed by atoms with Crippen molar-refractivity contribution >= 4 is 34.3 Å². The number of benzene rings is 1. The van der Waals surface area contributed by atoms with Crippen LogP contribution in [0.25, 0.3) is 0 Å². The standard InChI is InChI=1S/C19H26F5NO5Si2/c1-31(2,3)29-13(26)9-7-8-12(19(27)30-32(4,5)6)25-28-10-11-14(20)16(22)18(24)17(23)15(11)21/h7-10H2,1-6H3/b25-12-. The predicted molar refractivity (Wildman–Crippen MR) is 111 cm³/mol. The summed E-state index contributed by atoms with van der Waals surface area (Å²) >= 11 is 0. The van der Waals surface area contributed by atoms with E-state index < -0.39 is 69.8 Å². The fourth-order valence-electron chi connectivity index (χ4n) is 2.27. The van der Waals surface area contributed by atoms with Crippen molar-refractivity contribution in [2.24, 2.45) is 5.16 Å². The van der Waals surface area contributed by atoms with Gasteiger partial charge in [-0.15, -0.1) is 0 Å². The molecule has 0 bridgehead atoms. The van der Waals surface area contributed by atoms with Crippen LogP contribution in [0.1, 0.15) is 24.8 Å². The Balaban J connectivity index is 2.96. The molecule has 1 rings (SSSR count). The Kier molecular flexibility index (Phi) is 9.56. The van der Waals surface area contributed by atoms with Crippen LogP contribution in [0.4, 0.5) is 22.0 Å². The first kappa shape index (κ1) is 27.7. The first-order chi connectivity index (χ1) is 14.5. The van der Waals surface area contributed by atoms with Gasteiger partial charge in [-0.2, -0.15) is 0 Å². The highest BCUT2D eigenvalue weighted by atomic mass is 28.4. The molecule has 0 aliphatic rings. The third-order valence-electron chi connectivity index (χ3n) is 3.53. The van der Waals surface area contributed by atoms with Gasteiger partial charge in [-0.3, -0.25) is 4.79 Å². The molecule has 0 aromatic heterocycles. The maximum atomic E-state index is 13.8. The highest BCUT2D eigenvalue weighted by Crippen LogP contribution is 2.23. The SMILES string of the molecule is C[Si](C)(C)OC(=O)CCC/C(=N/OCc1c(F)c(F)c(F)c(F)c1F)C(=O)O[Si](C)(C)C. The maximum Gasteiger partial charge on any atom is 0.342 e. The largest absolute Gasteiger partial charge is 0.520 e. The van der Waals surface area contributed by atoms with Gasteiger partial charge in [0.1, 0.15) is 6.61 Å². The van der Waals surface area contributed by atoms with Crippen LogP contribution in [0.5, 0.6) is 0 Å². The quantitative estimate of drug-likeness (QED) is 0.111. The van der Waals surface area contributed by atoms with Crippen LogP contribution >= 0.6 is 0 Å². The average Bonchev–Trinajstić information content (AvgIpc) is 2.63. The summed E-state index contributed by atoms with van der Waals surface area (Å²) in [6.07, 6.45) is 0.0111. The van der Waals surface area contributed by atoms with Crippen molar-refractivity contribution in [1.29, 1.82) is 0 Å². The lowest BCUT2D eigenvalue weighted by Gasteiger charge is -2.19. The lowest BCUT2D eigenvalue weighted by molar-refractivity contribution is -0.135. The van der Waals surface area contributed by atoms with Crippen LogP contribution in [0.15, 0.2) is 5.16 Å². The summed E-state index contributed by atoms with van der Waals surface area (Å²) in [5.74, 6) is -12.0. The smallest absolute Gasteiger partial charge is 0.342 e. The summed E-state index contributed by atoms with van der Waals surface area (Å²) in [6, 6.07) is 0. The predicted octanol–water partition coefficient (Wildman–Crippen LogP) is 5.18. The molecule has 0 aliphatic heterocycles. The average molecular weight is 500 g/mol. The summed E-state index contributed by atoms with van der Waals surface area (Å²) in [6.45, 7) is 9.55. The van der Waals surface area contributed by atoms with E-state index in [-0.39, 0.29) is 25.0 Å². The number of hydrogen-bond donors (Lipinski definition) is 0. The fraction of sp³-hybridized carbons (Fsp3) is 0.526. The van der Waals surface area contributed by atoms with E-state index in [2.05, 4.69) is 5.16 Å². The van der Waals surface area contributed by atoms with E-state index in [1.165, 1.54) is 0 Å². The minimum Gasteiger partial charge on any atom is -0.520 e. The number of oxime groups is 1. The molecular formula is C19H26F5NO5Si2. The Morgan fingerprint density at radius 2 is 1.22 bits per heavy atom. The van der Waals surface area contributed by atoms with Crippen molar-refractivity contribution in [3.8, 4) is 0 Å². The van der Waals surface area contributed by atoms with Crippen molar-refractivity contribution in [1.82, 2.24) is 0 Å². The van der Waals surface area contributed by atoms with E-state index in [9.17, 15) is 31.5 Å². The van der Waals surface area contributed by atoms with Crippen LogP contribution in [0.3, 0.4) is 0 Å². The lowest BCUT2D eigenvalue weighted by Crippen LogP contribution is -2.33. The maximum absolute atomic E-state index is 13.8. The molecule has 0 aliphatic carbocycles. The van der Waals surface area contributed by atoms with Gasteiger partial charge in [0.15, 0.2) is 29.0 Å². The Labute approximate surface area is 185 Å². The minimum atomic E-state index is -2.35. The van der Waals surface area contributed by atoms with Crippen molar-refractivity contribution < 1.29 is 45.2 Å². The molecule has 0 unspecified atom stereocenters. The zero-order valence-corrected chi connectivity index (χ0v) is 20.7. The number of hydrogen-bond acceptors (Lipinski definition) is 6. The normalized spacial score (nSPS) is 12.5. The van der Waals surface area contributed by atoms with Crippen LogP contribution < -0.4 is 0 Å². The zero-order valence-electron chi connectivity index (χ0n) is 18.7. The zero-order chi connectivity index (χ0) is 24.9. The second-order valence-corrected chi connectivity index (χ2v) is 17.7. The minimum absolute atomic E-state index is 0.0266. The second kappa shape index (κ2) is 11.0. The number of rotatable bonds is 10. The van der Waals surface area contributed by atoms with Gasteiger partial charge >= 0.3 is 5.97 Å². The topological polar surface area (TPSA) is 74.2 Å². The molecule has 180 valence electrons. The van der Waals surface area contributed by atoms with E-state index in [0.29, 0.717) is 0 Å². The van der Waals surface area contributed by atoms with Gasteiger partial charge in [0.05, 0.1) is 5.56 Å².